The number of ether oxygens (including phenoxy) is 1. The molecule has 6 rings (SSSR count). The van der Waals surface area contributed by atoms with Crippen LogP contribution < -0.4 is 14.8 Å². The summed E-state index contributed by atoms with van der Waals surface area (Å²) < 4.78 is 11.9. The van der Waals surface area contributed by atoms with Crippen molar-refractivity contribution in [3.05, 3.63) is 95.4 Å². The fourth-order valence-corrected chi connectivity index (χ4v) is 6.60. The number of carboxylic acids is 1. The Kier molecular flexibility index (Phi) is 9.52. The van der Waals surface area contributed by atoms with Gasteiger partial charge in [-0.3, -0.25) is 9.71 Å². The summed E-state index contributed by atoms with van der Waals surface area (Å²) in [6.07, 6.45) is 7.53. The molecule has 1 aliphatic carbocycles. The number of benzene rings is 2. The van der Waals surface area contributed by atoms with Gasteiger partial charge in [0.2, 0.25) is 11.8 Å². The normalized spacial score (nSPS) is 14.3. The van der Waals surface area contributed by atoms with Crippen molar-refractivity contribution in [1.82, 2.24) is 24.8 Å². The molecule has 3 heterocycles. The minimum absolute atomic E-state index is 0.100. The van der Waals surface area contributed by atoms with Gasteiger partial charge in [0, 0.05) is 46.7 Å². The van der Waals surface area contributed by atoms with Crippen LogP contribution in [0.15, 0.2) is 78.0 Å². The minimum Gasteiger partial charge on any atom is -0.478 e. The lowest BCUT2D eigenvalue weighted by Gasteiger charge is -2.22. The zero-order chi connectivity index (χ0) is 33.1. The summed E-state index contributed by atoms with van der Waals surface area (Å²) in [5.74, 6) is -0.112. The number of aromatic nitrogens is 4. The SMILES string of the molecule is Cc1cccc(C)c1-c1cc(OCC(CC2(C)CC2)NCc2cc3ccn(C(C)C)c3cn2)nc(NSc2cccc(C(=O)O)c2)n1. The van der Waals surface area contributed by atoms with Crippen LogP contribution in [0.1, 0.15) is 73.3 Å². The Balaban J connectivity index is 1.21. The highest BCUT2D eigenvalue weighted by Gasteiger charge is 2.39. The number of carbonyl (C=O) groups is 1. The summed E-state index contributed by atoms with van der Waals surface area (Å²) in [6.45, 7) is 11.9. The zero-order valence-corrected chi connectivity index (χ0v) is 28.4. The van der Waals surface area contributed by atoms with Crippen molar-refractivity contribution < 1.29 is 14.6 Å². The van der Waals surface area contributed by atoms with Crippen molar-refractivity contribution in [3.8, 4) is 17.1 Å². The lowest BCUT2D eigenvalue weighted by atomic mass is 9.99. The molecular weight excluding hydrogens is 609 g/mol. The highest BCUT2D eigenvalue weighted by atomic mass is 32.2. The van der Waals surface area contributed by atoms with Crippen LogP contribution in [0.25, 0.3) is 22.2 Å². The summed E-state index contributed by atoms with van der Waals surface area (Å²) in [5.41, 5.74) is 6.70. The number of fused-ring (bicyclic) bond motifs is 1. The fraction of sp³-hybridized carbons (Fsp3) is 0.351. The van der Waals surface area contributed by atoms with Crippen molar-refractivity contribution >= 4 is 34.8 Å². The van der Waals surface area contributed by atoms with Gasteiger partial charge in [-0.1, -0.05) is 31.2 Å². The van der Waals surface area contributed by atoms with Crippen LogP contribution in [0.3, 0.4) is 0 Å². The molecule has 244 valence electrons. The van der Waals surface area contributed by atoms with E-state index in [1.54, 1.807) is 18.2 Å². The Labute approximate surface area is 280 Å². The van der Waals surface area contributed by atoms with E-state index in [0.717, 1.165) is 44.9 Å². The first-order valence-corrected chi connectivity index (χ1v) is 16.9. The zero-order valence-electron chi connectivity index (χ0n) is 27.6. The molecule has 1 unspecified atom stereocenters. The van der Waals surface area contributed by atoms with E-state index in [1.165, 1.54) is 30.2 Å². The van der Waals surface area contributed by atoms with Crippen LogP contribution in [0.4, 0.5) is 5.95 Å². The third-order valence-electron chi connectivity index (χ3n) is 8.85. The summed E-state index contributed by atoms with van der Waals surface area (Å²) in [5, 5.41) is 14.3. The Morgan fingerprint density at radius 1 is 1.06 bits per heavy atom. The molecule has 1 aliphatic rings. The van der Waals surface area contributed by atoms with Crippen molar-refractivity contribution in [2.75, 3.05) is 11.3 Å². The van der Waals surface area contributed by atoms with Crippen LogP contribution in [0.5, 0.6) is 5.88 Å². The molecule has 0 saturated heterocycles. The van der Waals surface area contributed by atoms with Crippen molar-refractivity contribution in [1.29, 1.82) is 0 Å². The van der Waals surface area contributed by atoms with Gasteiger partial charge in [0.25, 0.3) is 0 Å². The maximum Gasteiger partial charge on any atom is 0.335 e. The number of pyridine rings is 1. The smallest absolute Gasteiger partial charge is 0.335 e. The average molecular weight is 651 g/mol. The van der Waals surface area contributed by atoms with E-state index in [4.69, 9.17) is 19.7 Å². The number of anilines is 1. The van der Waals surface area contributed by atoms with Gasteiger partial charge >= 0.3 is 5.97 Å². The van der Waals surface area contributed by atoms with Crippen LogP contribution in [0, 0.1) is 19.3 Å². The number of nitrogens with zero attached hydrogens (tertiary/aromatic N) is 4. The molecule has 0 bridgehead atoms. The van der Waals surface area contributed by atoms with Crippen molar-refractivity contribution in [2.45, 2.75) is 77.4 Å². The quantitative estimate of drug-likeness (QED) is 0.102. The molecule has 3 aromatic heterocycles. The van der Waals surface area contributed by atoms with E-state index in [0.29, 0.717) is 36.4 Å². The molecule has 1 atom stereocenters. The number of rotatable bonds is 14. The second kappa shape index (κ2) is 13.8. The van der Waals surface area contributed by atoms with Crippen molar-refractivity contribution in [3.63, 3.8) is 0 Å². The van der Waals surface area contributed by atoms with E-state index in [9.17, 15) is 9.90 Å². The summed E-state index contributed by atoms with van der Waals surface area (Å²) in [4.78, 5) is 26.5. The van der Waals surface area contributed by atoms with Crippen LogP contribution >= 0.6 is 11.9 Å². The number of nitrogens with one attached hydrogen (secondary N) is 2. The van der Waals surface area contributed by atoms with Crippen molar-refractivity contribution in [2.24, 2.45) is 5.41 Å². The van der Waals surface area contributed by atoms with Crippen LogP contribution in [0.2, 0.25) is 0 Å². The van der Waals surface area contributed by atoms with Gasteiger partial charge in [-0.15, -0.1) is 0 Å². The maximum atomic E-state index is 11.5. The molecule has 1 fully saturated rings. The molecule has 0 radical (unpaired) electrons. The highest BCUT2D eigenvalue weighted by Crippen LogP contribution is 2.49. The number of aryl methyl sites for hydroxylation is 2. The lowest BCUT2D eigenvalue weighted by Crippen LogP contribution is -2.36. The monoisotopic (exact) mass is 650 g/mol. The Morgan fingerprint density at radius 3 is 2.55 bits per heavy atom. The molecule has 9 nitrogen and oxygen atoms in total. The Bertz CT molecular complexity index is 1880. The molecule has 5 aromatic rings. The third-order valence-corrected chi connectivity index (χ3v) is 9.62. The summed E-state index contributed by atoms with van der Waals surface area (Å²) >= 11 is 1.26. The van der Waals surface area contributed by atoms with Gasteiger partial charge < -0.3 is 19.7 Å². The summed E-state index contributed by atoms with van der Waals surface area (Å²) in [6, 6.07) is 19.7. The number of aromatic carboxylic acids is 1. The standard InChI is InChI=1S/C37H42N6O3S/c1-23(2)43-15-12-26-16-28(39-21-32(26)43)20-38-29(19-37(5)13-14-37)22-46-33-18-31(34-24(3)8-6-9-25(34)4)40-36(41-33)42-47-30-11-7-10-27(17-30)35(44)45/h6-12,15-18,21,23,29,38H,13-14,19-20,22H2,1-5H3,(H,44,45)(H,40,41,42). The Hall–Kier alpha value is -4.41. The minimum atomic E-state index is -0.971. The first-order valence-electron chi connectivity index (χ1n) is 16.1. The molecule has 2 aromatic carbocycles. The fourth-order valence-electron chi connectivity index (χ4n) is 5.97. The highest BCUT2D eigenvalue weighted by molar-refractivity contribution is 8.00. The Morgan fingerprint density at radius 2 is 1.83 bits per heavy atom. The predicted octanol–water partition coefficient (Wildman–Crippen LogP) is 8.24. The van der Waals surface area contributed by atoms with E-state index in [-0.39, 0.29) is 11.6 Å². The molecule has 0 spiro atoms. The van der Waals surface area contributed by atoms with E-state index < -0.39 is 5.97 Å². The largest absolute Gasteiger partial charge is 0.478 e. The third kappa shape index (κ3) is 7.94. The van der Waals surface area contributed by atoms with Gasteiger partial charge in [0.05, 0.1) is 28.7 Å². The predicted molar refractivity (Wildman–Crippen MR) is 188 cm³/mol. The molecular formula is C37H42N6O3S. The van der Waals surface area contributed by atoms with Crippen LogP contribution in [-0.2, 0) is 6.54 Å². The molecule has 47 heavy (non-hydrogen) atoms. The van der Waals surface area contributed by atoms with Gasteiger partial charge in [-0.2, -0.15) is 4.98 Å². The second-order valence-electron chi connectivity index (χ2n) is 13.2. The first kappa shape index (κ1) is 32.5. The van der Waals surface area contributed by atoms with Gasteiger partial charge in [0.15, 0.2) is 0 Å². The number of hydrogen-bond acceptors (Lipinski definition) is 8. The van der Waals surface area contributed by atoms with Gasteiger partial charge in [0.1, 0.15) is 6.61 Å². The van der Waals surface area contributed by atoms with Gasteiger partial charge in [-0.05, 0) is 106 Å². The summed E-state index contributed by atoms with van der Waals surface area (Å²) in [7, 11) is 0. The number of carboxylic acid groups (broad SMARTS) is 1. The molecule has 10 heteroatoms. The van der Waals surface area contributed by atoms with E-state index in [1.807, 2.05) is 24.4 Å². The second-order valence-corrected chi connectivity index (χ2v) is 14.1. The van der Waals surface area contributed by atoms with E-state index >= 15 is 0 Å². The molecule has 0 amide bonds. The van der Waals surface area contributed by atoms with E-state index in [2.05, 4.69) is 79.7 Å². The molecule has 3 N–H and O–H groups in total. The topological polar surface area (TPSA) is 114 Å². The van der Waals surface area contributed by atoms with Crippen LogP contribution in [-0.4, -0.2) is 43.2 Å². The average Bonchev–Trinajstić information content (AvgIpc) is 3.61. The lowest BCUT2D eigenvalue weighted by molar-refractivity contribution is 0.0696. The molecule has 1 saturated carbocycles. The first-order chi connectivity index (χ1) is 22.6. The van der Waals surface area contributed by atoms with Gasteiger partial charge in [-0.25, -0.2) is 9.78 Å². The maximum absolute atomic E-state index is 11.5. The number of hydrogen-bond donors (Lipinski definition) is 3. The molecule has 0 aliphatic heterocycles.